The van der Waals surface area contributed by atoms with Crippen LogP contribution in [0.25, 0.3) is 0 Å². The van der Waals surface area contributed by atoms with Gasteiger partial charge in [-0.05, 0) is 38.0 Å². The zero-order valence-corrected chi connectivity index (χ0v) is 10.6. The first-order valence-electron chi connectivity index (χ1n) is 6.36. The number of nitrogens with zero attached hydrogens (tertiary/aromatic N) is 2. The zero-order chi connectivity index (χ0) is 11.8. The molecule has 1 aliphatic carbocycles. The van der Waals surface area contributed by atoms with Crippen molar-refractivity contribution in [1.29, 1.82) is 0 Å². The lowest BCUT2D eigenvalue weighted by molar-refractivity contribution is 0.270. The normalized spacial score (nSPS) is 21.8. The molecule has 0 aromatic carbocycles. The SMILES string of the molecule is CCC(C)c1cncn1C(C)(CN)C1CC1. The Labute approximate surface area is 98.1 Å². The maximum absolute atomic E-state index is 6.00. The first-order chi connectivity index (χ1) is 7.63. The fourth-order valence-corrected chi connectivity index (χ4v) is 2.47. The van der Waals surface area contributed by atoms with Gasteiger partial charge in [-0.2, -0.15) is 0 Å². The number of aromatic nitrogens is 2. The van der Waals surface area contributed by atoms with Crippen LogP contribution >= 0.6 is 0 Å². The summed E-state index contributed by atoms with van der Waals surface area (Å²) in [6.45, 7) is 7.46. The quantitative estimate of drug-likeness (QED) is 0.830. The van der Waals surface area contributed by atoms with Crippen molar-refractivity contribution >= 4 is 0 Å². The molecule has 0 saturated heterocycles. The van der Waals surface area contributed by atoms with E-state index in [-0.39, 0.29) is 5.54 Å². The van der Waals surface area contributed by atoms with E-state index < -0.39 is 0 Å². The molecule has 0 spiro atoms. The Balaban J connectivity index is 2.34. The van der Waals surface area contributed by atoms with Gasteiger partial charge in [-0.1, -0.05) is 13.8 Å². The van der Waals surface area contributed by atoms with Crippen molar-refractivity contribution in [1.82, 2.24) is 9.55 Å². The van der Waals surface area contributed by atoms with Crippen molar-refractivity contribution in [2.75, 3.05) is 6.54 Å². The van der Waals surface area contributed by atoms with Gasteiger partial charge in [0.15, 0.2) is 0 Å². The van der Waals surface area contributed by atoms with Crippen LogP contribution in [0.1, 0.15) is 51.6 Å². The molecule has 2 atom stereocenters. The highest BCUT2D eigenvalue weighted by atomic mass is 15.1. The molecule has 1 heterocycles. The van der Waals surface area contributed by atoms with Crippen LogP contribution in [0.5, 0.6) is 0 Å². The lowest BCUT2D eigenvalue weighted by Crippen LogP contribution is -2.41. The second-order valence-corrected chi connectivity index (χ2v) is 5.33. The van der Waals surface area contributed by atoms with E-state index in [9.17, 15) is 0 Å². The molecule has 3 heteroatoms. The van der Waals surface area contributed by atoms with Gasteiger partial charge in [-0.25, -0.2) is 4.98 Å². The van der Waals surface area contributed by atoms with Gasteiger partial charge in [0.05, 0.1) is 11.9 Å². The van der Waals surface area contributed by atoms with Crippen molar-refractivity contribution < 1.29 is 0 Å². The fourth-order valence-electron chi connectivity index (χ4n) is 2.47. The molecule has 1 aromatic heterocycles. The number of hydrogen-bond donors (Lipinski definition) is 1. The van der Waals surface area contributed by atoms with Gasteiger partial charge in [0.1, 0.15) is 0 Å². The first kappa shape index (κ1) is 11.6. The minimum Gasteiger partial charge on any atom is -0.328 e. The standard InChI is InChI=1S/C13H23N3/c1-4-10(2)12-7-15-9-16(12)13(3,8-14)11-5-6-11/h7,9-11H,4-6,8,14H2,1-3H3. The van der Waals surface area contributed by atoms with Crippen LogP contribution in [-0.4, -0.2) is 16.1 Å². The molecule has 1 aromatic rings. The third-order valence-electron chi connectivity index (χ3n) is 4.20. The Kier molecular flexibility index (Phi) is 3.06. The molecule has 16 heavy (non-hydrogen) atoms. The smallest absolute Gasteiger partial charge is 0.0953 e. The number of nitrogens with two attached hydrogens (primary N) is 1. The summed E-state index contributed by atoms with van der Waals surface area (Å²) in [5.74, 6) is 1.31. The molecular weight excluding hydrogens is 198 g/mol. The van der Waals surface area contributed by atoms with E-state index in [0.29, 0.717) is 12.5 Å². The highest BCUT2D eigenvalue weighted by Crippen LogP contribution is 2.44. The van der Waals surface area contributed by atoms with Crippen LogP contribution < -0.4 is 5.73 Å². The third kappa shape index (κ3) is 1.77. The minimum atomic E-state index is 0.0786. The lowest BCUT2D eigenvalue weighted by Gasteiger charge is -2.33. The lowest BCUT2D eigenvalue weighted by atomic mass is 9.93. The molecular formula is C13H23N3. The summed E-state index contributed by atoms with van der Waals surface area (Å²) in [5.41, 5.74) is 7.42. The topological polar surface area (TPSA) is 43.8 Å². The van der Waals surface area contributed by atoms with Crippen LogP contribution in [-0.2, 0) is 5.54 Å². The average Bonchev–Trinajstić information content (AvgIpc) is 3.05. The summed E-state index contributed by atoms with van der Waals surface area (Å²) in [4.78, 5) is 4.32. The molecule has 0 amide bonds. The van der Waals surface area contributed by atoms with E-state index in [1.54, 1.807) is 0 Å². The van der Waals surface area contributed by atoms with Crippen LogP contribution in [0, 0.1) is 5.92 Å². The molecule has 0 aliphatic heterocycles. The Hall–Kier alpha value is -0.830. The first-order valence-corrected chi connectivity index (χ1v) is 6.36. The van der Waals surface area contributed by atoms with E-state index in [2.05, 4.69) is 30.3 Å². The van der Waals surface area contributed by atoms with Gasteiger partial charge < -0.3 is 10.3 Å². The third-order valence-corrected chi connectivity index (χ3v) is 4.20. The van der Waals surface area contributed by atoms with Gasteiger partial charge >= 0.3 is 0 Å². The number of rotatable bonds is 5. The highest BCUT2D eigenvalue weighted by molar-refractivity contribution is 5.11. The van der Waals surface area contributed by atoms with Gasteiger partial charge in [-0.3, -0.25) is 0 Å². The second-order valence-electron chi connectivity index (χ2n) is 5.33. The van der Waals surface area contributed by atoms with Crippen molar-refractivity contribution in [3.05, 3.63) is 18.2 Å². The molecule has 3 nitrogen and oxygen atoms in total. The van der Waals surface area contributed by atoms with Crippen molar-refractivity contribution in [2.45, 2.75) is 51.5 Å². The molecule has 2 N–H and O–H groups in total. The molecule has 2 unspecified atom stereocenters. The van der Waals surface area contributed by atoms with Gasteiger partial charge in [0.25, 0.3) is 0 Å². The average molecular weight is 221 g/mol. The van der Waals surface area contributed by atoms with E-state index in [1.165, 1.54) is 18.5 Å². The van der Waals surface area contributed by atoms with E-state index >= 15 is 0 Å². The molecule has 1 saturated carbocycles. The van der Waals surface area contributed by atoms with E-state index in [0.717, 1.165) is 12.3 Å². The van der Waals surface area contributed by atoms with Gasteiger partial charge in [-0.15, -0.1) is 0 Å². The maximum Gasteiger partial charge on any atom is 0.0953 e. The number of imidazole rings is 1. The predicted octanol–water partition coefficient (Wildman–Crippen LogP) is 2.48. The summed E-state index contributed by atoms with van der Waals surface area (Å²) in [6.07, 6.45) is 7.74. The molecule has 90 valence electrons. The number of hydrogen-bond acceptors (Lipinski definition) is 2. The summed E-state index contributed by atoms with van der Waals surface area (Å²) >= 11 is 0. The minimum absolute atomic E-state index is 0.0786. The molecule has 1 aliphatic rings. The summed E-state index contributed by atoms with van der Waals surface area (Å²) in [6, 6.07) is 0. The van der Waals surface area contributed by atoms with Crippen molar-refractivity contribution in [3.8, 4) is 0 Å². The molecule has 0 bridgehead atoms. The Bertz CT molecular complexity index is 354. The van der Waals surface area contributed by atoms with Crippen LogP contribution in [0.2, 0.25) is 0 Å². The summed E-state index contributed by atoms with van der Waals surface area (Å²) in [5, 5.41) is 0. The van der Waals surface area contributed by atoms with Crippen molar-refractivity contribution in [2.24, 2.45) is 11.7 Å². The maximum atomic E-state index is 6.00. The monoisotopic (exact) mass is 221 g/mol. The predicted molar refractivity (Wildman–Crippen MR) is 66.4 cm³/mol. The molecule has 1 fully saturated rings. The van der Waals surface area contributed by atoms with Crippen LogP contribution in [0.15, 0.2) is 12.5 Å². The van der Waals surface area contributed by atoms with E-state index in [1.807, 2.05) is 12.5 Å². The molecule has 2 rings (SSSR count). The second kappa shape index (κ2) is 4.21. The van der Waals surface area contributed by atoms with Crippen LogP contribution in [0.4, 0.5) is 0 Å². The van der Waals surface area contributed by atoms with E-state index in [4.69, 9.17) is 5.73 Å². The van der Waals surface area contributed by atoms with Gasteiger partial charge in [0, 0.05) is 18.4 Å². The Morgan fingerprint density at radius 1 is 1.62 bits per heavy atom. The zero-order valence-electron chi connectivity index (χ0n) is 10.6. The Morgan fingerprint density at radius 3 is 2.81 bits per heavy atom. The molecule has 0 radical (unpaired) electrons. The Morgan fingerprint density at radius 2 is 2.31 bits per heavy atom. The van der Waals surface area contributed by atoms with Crippen molar-refractivity contribution in [3.63, 3.8) is 0 Å². The highest BCUT2D eigenvalue weighted by Gasteiger charge is 2.42. The fraction of sp³-hybridized carbons (Fsp3) is 0.769. The summed E-state index contributed by atoms with van der Waals surface area (Å²) < 4.78 is 2.33. The summed E-state index contributed by atoms with van der Waals surface area (Å²) in [7, 11) is 0. The van der Waals surface area contributed by atoms with Crippen LogP contribution in [0.3, 0.4) is 0 Å². The van der Waals surface area contributed by atoms with Gasteiger partial charge in [0.2, 0.25) is 0 Å². The largest absolute Gasteiger partial charge is 0.328 e.